The fourth-order valence-corrected chi connectivity index (χ4v) is 8.43. The minimum atomic E-state index is -3.72. The summed E-state index contributed by atoms with van der Waals surface area (Å²) in [4.78, 5) is 29.1. The topological polar surface area (TPSA) is 52.6 Å². The van der Waals surface area contributed by atoms with Crippen LogP contribution in [0.1, 0.15) is 117 Å². The van der Waals surface area contributed by atoms with Crippen LogP contribution in [0.4, 0.5) is 0 Å². The Bertz CT molecular complexity index is 461. The third kappa shape index (κ3) is 18.4. The van der Waals surface area contributed by atoms with Crippen LogP contribution in [0.5, 0.6) is 0 Å². The van der Waals surface area contributed by atoms with Gasteiger partial charge < -0.3 is 0 Å². The Morgan fingerprint density at radius 2 is 0.909 bits per heavy atom. The number of unbranched alkanes of at least 4 members (excludes halogenated alkanes) is 12. The number of hydrogen-bond acceptors (Lipinski definition) is 6. The molecule has 0 bridgehead atoms. The quantitative estimate of drug-likeness (QED) is 0.0738. The second-order valence-corrected chi connectivity index (χ2v) is 19.7. The van der Waals surface area contributed by atoms with Crippen molar-refractivity contribution in [2.24, 2.45) is 11.8 Å². The van der Waals surface area contributed by atoms with E-state index in [2.05, 4.69) is 39.1 Å². The van der Waals surface area contributed by atoms with Gasteiger partial charge in [0.05, 0.1) is 0 Å². The zero-order chi connectivity index (χ0) is 25.0. The van der Waals surface area contributed by atoms with E-state index < -0.39 is 19.2 Å². The first-order chi connectivity index (χ1) is 15.8. The van der Waals surface area contributed by atoms with Crippen LogP contribution >= 0.6 is 25.3 Å². The number of thiol groups is 2. The molecule has 0 heterocycles. The number of hydrogen-bond donors (Lipinski definition) is 2. The maximum absolute atomic E-state index is 12.7. The molecule has 2 unspecified atom stereocenters. The first-order valence-corrected chi connectivity index (χ1v) is 22.8. The molecule has 0 aliphatic carbocycles. The number of carbonyl (C=O) groups is 2. The van der Waals surface area contributed by atoms with Crippen molar-refractivity contribution in [2.45, 2.75) is 126 Å². The summed E-state index contributed by atoms with van der Waals surface area (Å²) < 4.78 is 11.6. The van der Waals surface area contributed by atoms with Gasteiger partial charge in [0.15, 0.2) is 0 Å². The van der Waals surface area contributed by atoms with E-state index in [0.717, 1.165) is 38.5 Å². The molecule has 0 aromatic rings. The van der Waals surface area contributed by atoms with Gasteiger partial charge in [-0.05, 0) is 0 Å². The van der Waals surface area contributed by atoms with Crippen LogP contribution in [-0.4, -0.2) is 42.6 Å². The van der Waals surface area contributed by atoms with Gasteiger partial charge in [-0.15, -0.1) is 0 Å². The number of rotatable bonds is 22. The van der Waals surface area contributed by atoms with Crippen molar-refractivity contribution in [1.82, 2.24) is 0 Å². The van der Waals surface area contributed by atoms with Crippen molar-refractivity contribution in [3.63, 3.8) is 0 Å². The Morgan fingerprint density at radius 3 is 1.21 bits per heavy atom. The van der Waals surface area contributed by atoms with E-state index in [1.54, 1.807) is 0 Å². The molecule has 2 atom stereocenters. The van der Waals surface area contributed by atoms with Gasteiger partial charge in [0.25, 0.3) is 0 Å². The molecule has 0 aliphatic rings. The van der Waals surface area contributed by atoms with E-state index in [-0.39, 0.29) is 23.8 Å². The summed E-state index contributed by atoms with van der Waals surface area (Å²) in [7, 11) is 0. The Balaban J connectivity index is 4.33. The second-order valence-electron chi connectivity index (χ2n) is 9.82. The van der Waals surface area contributed by atoms with Crippen molar-refractivity contribution in [3.05, 3.63) is 0 Å². The summed E-state index contributed by atoms with van der Waals surface area (Å²) in [5, 5.41) is 0. The summed E-state index contributed by atoms with van der Waals surface area (Å²) in [5.41, 5.74) is 0. The fourth-order valence-electron chi connectivity index (χ4n) is 3.94. The van der Waals surface area contributed by atoms with Gasteiger partial charge in [0.1, 0.15) is 0 Å². The van der Waals surface area contributed by atoms with E-state index in [4.69, 9.17) is 6.15 Å². The van der Waals surface area contributed by atoms with Crippen LogP contribution in [0.3, 0.4) is 0 Å². The van der Waals surface area contributed by atoms with Gasteiger partial charge in [-0.1, -0.05) is 0 Å². The summed E-state index contributed by atoms with van der Waals surface area (Å²) in [6.07, 6.45) is 18.6. The van der Waals surface area contributed by atoms with Crippen LogP contribution in [0.2, 0.25) is 9.88 Å². The average Bonchev–Trinajstić information content (AvgIpc) is 2.76. The van der Waals surface area contributed by atoms with Crippen molar-refractivity contribution in [2.75, 3.05) is 11.5 Å². The Hall–Kier alpha value is 0.439. The van der Waals surface area contributed by atoms with Gasteiger partial charge in [-0.2, -0.15) is 0 Å². The standard InChI is InChI=1S/2C12H24O2S.2CH3.Sn/c2*1-2-3-4-5-6-7-8-9-11(10-15)12(13)14;;;/h2*11,15H,2-10H2,1H3,(H,13,14);2*1H3;/q;;;;+2/p-2. The Labute approximate surface area is 220 Å². The summed E-state index contributed by atoms with van der Waals surface area (Å²) in [5.74, 6) is 0.0433. The molecule has 4 nitrogen and oxygen atoms in total. The third-order valence-electron chi connectivity index (χ3n) is 6.11. The molecular formula is C26H52O4S2Sn. The molecule has 0 spiro atoms. The van der Waals surface area contributed by atoms with Crippen molar-refractivity contribution >= 4 is 56.4 Å². The first-order valence-electron chi connectivity index (χ1n) is 13.5. The zero-order valence-electron chi connectivity index (χ0n) is 21.9. The second kappa shape index (κ2) is 21.7. The minimum absolute atomic E-state index is 0.216. The van der Waals surface area contributed by atoms with Gasteiger partial charge in [0, 0.05) is 0 Å². The monoisotopic (exact) mass is 612 g/mol. The van der Waals surface area contributed by atoms with E-state index in [1.165, 1.54) is 64.2 Å². The van der Waals surface area contributed by atoms with Gasteiger partial charge in [-0.25, -0.2) is 0 Å². The van der Waals surface area contributed by atoms with Crippen LogP contribution in [0.25, 0.3) is 0 Å². The van der Waals surface area contributed by atoms with E-state index in [0.29, 0.717) is 11.5 Å². The Kier molecular flexibility index (Phi) is 22.0. The molecular weight excluding hydrogens is 559 g/mol. The fraction of sp³-hybridized carbons (Fsp3) is 0.923. The molecule has 0 aromatic heterocycles. The van der Waals surface area contributed by atoms with Crippen molar-refractivity contribution in [1.29, 1.82) is 0 Å². The molecule has 0 amide bonds. The molecule has 0 N–H and O–H groups in total. The van der Waals surface area contributed by atoms with Crippen LogP contribution in [0.15, 0.2) is 0 Å². The van der Waals surface area contributed by atoms with E-state index >= 15 is 0 Å². The third-order valence-corrected chi connectivity index (χ3v) is 10.9. The van der Waals surface area contributed by atoms with Gasteiger partial charge >= 0.3 is 222 Å². The van der Waals surface area contributed by atoms with Crippen LogP contribution < -0.4 is 0 Å². The van der Waals surface area contributed by atoms with Crippen LogP contribution in [-0.2, 0) is 15.7 Å². The molecule has 0 saturated heterocycles. The molecule has 0 saturated carbocycles. The molecule has 0 aliphatic heterocycles. The normalized spacial score (nSPS) is 13.5. The van der Waals surface area contributed by atoms with Gasteiger partial charge in [-0.3, -0.25) is 0 Å². The summed E-state index contributed by atoms with van der Waals surface area (Å²) in [6, 6.07) is 0. The zero-order valence-corrected chi connectivity index (χ0v) is 26.6. The summed E-state index contributed by atoms with van der Waals surface area (Å²) in [6.45, 7) is 4.45. The Morgan fingerprint density at radius 1 is 0.606 bits per heavy atom. The maximum atomic E-state index is 12.7. The molecule has 0 radical (unpaired) electrons. The first kappa shape index (κ1) is 33.4. The summed E-state index contributed by atoms with van der Waals surface area (Å²) >= 11 is 5.03. The van der Waals surface area contributed by atoms with E-state index in [9.17, 15) is 9.59 Å². The predicted molar refractivity (Wildman–Crippen MR) is 150 cm³/mol. The predicted octanol–water partition coefficient (Wildman–Crippen LogP) is 8.15. The van der Waals surface area contributed by atoms with E-state index in [1.807, 2.05) is 9.88 Å². The number of carbonyl (C=O) groups excluding carboxylic acids is 2. The van der Waals surface area contributed by atoms with Gasteiger partial charge in [0.2, 0.25) is 0 Å². The molecule has 7 heteroatoms. The molecule has 0 rings (SSSR count). The average molecular weight is 612 g/mol. The SMILES string of the molecule is CCCCCCCCCC(CS)C(=O)[O][Sn]([CH3])([CH3])[O]C(=O)C(CS)CCCCCCCCC. The molecule has 0 aromatic carbocycles. The molecule has 0 fully saturated rings. The van der Waals surface area contributed by atoms with Crippen LogP contribution in [0, 0.1) is 11.8 Å². The molecule has 196 valence electrons. The van der Waals surface area contributed by atoms with Crippen molar-refractivity contribution in [3.8, 4) is 0 Å². The molecule has 33 heavy (non-hydrogen) atoms. The van der Waals surface area contributed by atoms with Crippen molar-refractivity contribution < 1.29 is 15.7 Å².